The number of rotatable bonds is 0. The van der Waals surface area contributed by atoms with Gasteiger partial charge in [0.05, 0.1) is 11.1 Å². The molecule has 21 heavy (non-hydrogen) atoms. The predicted octanol–water partition coefficient (Wildman–Crippen LogP) is 3.26. The van der Waals surface area contributed by atoms with Crippen LogP contribution in [0.15, 0.2) is 36.4 Å². The largest absolute Gasteiger partial charge is 0.424 e. The average Bonchev–Trinajstić information content (AvgIpc) is 2.51. The van der Waals surface area contributed by atoms with Crippen LogP contribution in [0, 0.1) is 13.8 Å². The smallest absolute Gasteiger partial charge is 0.341 e. The molecule has 4 nitrogen and oxygen atoms in total. The number of hydrogen-bond acceptors (Lipinski definition) is 4. The van der Waals surface area contributed by atoms with Crippen molar-refractivity contribution in [3.05, 3.63) is 58.7 Å². The van der Waals surface area contributed by atoms with Gasteiger partial charge in [-0.15, -0.1) is 0 Å². The molecular weight excluding hydrogens is 268 g/mol. The molecule has 0 aliphatic carbocycles. The van der Waals surface area contributed by atoms with Gasteiger partial charge in [0.25, 0.3) is 0 Å². The maximum absolute atomic E-state index is 12.2. The van der Waals surface area contributed by atoms with E-state index >= 15 is 0 Å². The number of aryl methyl sites for hydroxylation is 2. The number of fused-ring (bicyclic) bond motifs is 3. The highest BCUT2D eigenvalue weighted by Gasteiger charge is 2.25. The molecule has 0 amide bonds. The fourth-order valence-electron chi connectivity index (χ4n) is 2.63. The molecule has 0 aromatic heterocycles. The number of hydrogen-bond donors (Lipinski definition) is 0. The molecular formula is C17H14O4. The first-order chi connectivity index (χ1) is 10.1. The van der Waals surface area contributed by atoms with Crippen LogP contribution in [0.5, 0.6) is 0 Å². The Bertz CT molecular complexity index is 683. The highest BCUT2D eigenvalue weighted by atomic mass is 16.7. The van der Waals surface area contributed by atoms with Gasteiger partial charge in [-0.25, -0.2) is 9.59 Å². The van der Waals surface area contributed by atoms with Gasteiger partial charge < -0.3 is 9.47 Å². The minimum absolute atomic E-state index is 0.377. The van der Waals surface area contributed by atoms with E-state index in [1.165, 1.54) is 0 Å². The van der Waals surface area contributed by atoms with Crippen LogP contribution in [0.1, 0.15) is 31.8 Å². The van der Waals surface area contributed by atoms with Crippen LogP contribution in [-0.2, 0) is 9.47 Å². The lowest BCUT2D eigenvalue weighted by Gasteiger charge is -2.15. The Morgan fingerprint density at radius 2 is 1.19 bits per heavy atom. The Morgan fingerprint density at radius 1 is 0.762 bits per heavy atom. The second-order valence-corrected chi connectivity index (χ2v) is 4.98. The maximum Gasteiger partial charge on any atom is 0.341 e. The summed E-state index contributed by atoms with van der Waals surface area (Å²) in [6, 6.07) is 10.8. The second-order valence-electron chi connectivity index (χ2n) is 4.98. The second kappa shape index (κ2) is 5.05. The van der Waals surface area contributed by atoms with Crippen LogP contribution >= 0.6 is 0 Å². The Kier molecular flexibility index (Phi) is 3.22. The number of carbonyl (C=O) groups is 2. The Morgan fingerprint density at radius 3 is 1.62 bits per heavy atom. The summed E-state index contributed by atoms with van der Waals surface area (Å²) in [6.07, 6.45) is 0. The lowest BCUT2D eigenvalue weighted by atomic mass is 9.88. The van der Waals surface area contributed by atoms with Gasteiger partial charge in [0, 0.05) is 11.1 Å². The lowest BCUT2D eigenvalue weighted by Crippen LogP contribution is -2.11. The Balaban J connectivity index is 2.41. The molecule has 1 heterocycles. The summed E-state index contributed by atoms with van der Waals surface area (Å²) in [5, 5.41) is 0. The third kappa shape index (κ3) is 2.18. The zero-order valence-corrected chi connectivity index (χ0v) is 11.8. The Hall–Kier alpha value is -2.62. The summed E-state index contributed by atoms with van der Waals surface area (Å²) in [6.45, 7) is 3.44. The van der Waals surface area contributed by atoms with Gasteiger partial charge in [0.15, 0.2) is 0 Å². The van der Waals surface area contributed by atoms with Crippen molar-refractivity contribution >= 4 is 11.9 Å². The summed E-state index contributed by atoms with van der Waals surface area (Å²) in [4.78, 5) is 24.4. The van der Waals surface area contributed by atoms with Gasteiger partial charge in [-0.3, -0.25) is 0 Å². The molecule has 1 aliphatic rings. The Labute approximate surface area is 122 Å². The molecule has 0 saturated carbocycles. The first kappa shape index (κ1) is 13.4. The molecule has 4 heteroatoms. The molecule has 106 valence electrons. The highest BCUT2D eigenvalue weighted by molar-refractivity contribution is 6.05. The van der Waals surface area contributed by atoms with Crippen LogP contribution in [0.2, 0.25) is 0 Å². The zero-order valence-electron chi connectivity index (χ0n) is 11.8. The molecule has 2 aromatic rings. The molecule has 0 unspecified atom stereocenters. The third-order valence-corrected chi connectivity index (χ3v) is 3.62. The maximum atomic E-state index is 12.2. The van der Waals surface area contributed by atoms with Gasteiger partial charge in [0.1, 0.15) is 0 Å². The molecule has 0 fully saturated rings. The van der Waals surface area contributed by atoms with Crippen molar-refractivity contribution in [2.75, 3.05) is 6.79 Å². The first-order valence-corrected chi connectivity index (χ1v) is 6.63. The normalized spacial score (nSPS) is 14.0. The van der Waals surface area contributed by atoms with E-state index in [9.17, 15) is 9.59 Å². The summed E-state index contributed by atoms with van der Waals surface area (Å²) >= 11 is 0. The summed E-state index contributed by atoms with van der Waals surface area (Å²) in [5.74, 6) is -0.977. The standard InChI is InChI=1S/C17H14O4/c1-10-5-3-7-12-14(10)15-11(2)6-4-8-13(15)17(19)21-9-20-16(12)18/h3-8H,9H2,1-2H3. The SMILES string of the molecule is Cc1cccc2c1-c1c(C)cccc1C(=O)OCOC2=O. The van der Waals surface area contributed by atoms with E-state index in [1.54, 1.807) is 24.3 Å². The molecule has 3 rings (SSSR count). The van der Waals surface area contributed by atoms with Crippen molar-refractivity contribution in [1.29, 1.82) is 0 Å². The number of carbonyl (C=O) groups excluding carboxylic acids is 2. The topological polar surface area (TPSA) is 52.6 Å². The van der Waals surface area contributed by atoms with Crippen molar-refractivity contribution in [3.8, 4) is 11.1 Å². The number of esters is 2. The molecule has 2 aromatic carbocycles. The predicted molar refractivity (Wildman–Crippen MR) is 77.1 cm³/mol. The van der Waals surface area contributed by atoms with Crippen LogP contribution < -0.4 is 0 Å². The molecule has 0 saturated heterocycles. The highest BCUT2D eigenvalue weighted by Crippen LogP contribution is 2.34. The van der Waals surface area contributed by atoms with E-state index in [4.69, 9.17) is 9.47 Å². The monoisotopic (exact) mass is 282 g/mol. The first-order valence-electron chi connectivity index (χ1n) is 6.63. The van der Waals surface area contributed by atoms with Gasteiger partial charge in [-0.1, -0.05) is 24.3 Å². The summed E-state index contributed by atoms with van der Waals surface area (Å²) in [5.41, 5.74) is 4.18. The van der Waals surface area contributed by atoms with Crippen molar-refractivity contribution < 1.29 is 19.1 Å². The van der Waals surface area contributed by atoms with Crippen LogP contribution in [0.3, 0.4) is 0 Å². The average molecular weight is 282 g/mol. The molecule has 0 N–H and O–H groups in total. The molecule has 0 atom stereocenters. The summed E-state index contributed by atoms with van der Waals surface area (Å²) < 4.78 is 10.0. The van der Waals surface area contributed by atoms with Crippen LogP contribution in [0.25, 0.3) is 11.1 Å². The fraction of sp³-hybridized carbons (Fsp3) is 0.176. The van der Waals surface area contributed by atoms with Crippen molar-refractivity contribution in [2.45, 2.75) is 13.8 Å². The van der Waals surface area contributed by atoms with Crippen LogP contribution in [-0.4, -0.2) is 18.7 Å². The summed E-state index contributed by atoms with van der Waals surface area (Å²) in [7, 11) is 0. The third-order valence-electron chi connectivity index (χ3n) is 3.62. The van der Waals surface area contributed by atoms with E-state index in [0.717, 1.165) is 22.3 Å². The van der Waals surface area contributed by atoms with E-state index < -0.39 is 11.9 Å². The van der Waals surface area contributed by atoms with Crippen molar-refractivity contribution in [1.82, 2.24) is 0 Å². The number of cyclic esters (lactones) is 2. The van der Waals surface area contributed by atoms with Gasteiger partial charge in [-0.2, -0.15) is 0 Å². The van der Waals surface area contributed by atoms with E-state index in [2.05, 4.69) is 0 Å². The van der Waals surface area contributed by atoms with Crippen LogP contribution in [0.4, 0.5) is 0 Å². The fourth-order valence-corrected chi connectivity index (χ4v) is 2.63. The quantitative estimate of drug-likeness (QED) is 0.696. The van der Waals surface area contributed by atoms with E-state index in [0.29, 0.717) is 11.1 Å². The molecule has 0 bridgehead atoms. The van der Waals surface area contributed by atoms with Crippen molar-refractivity contribution in [3.63, 3.8) is 0 Å². The minimum Gasteiger partial charge on any atom is -0.424 e. The van der Waals surface area contributed by atoms with Gasteiger partial charge in [0.2, 0.25) is 6.79 Å². The lowest BCUT2D eigenvalue weighted by molar-refractivity contribution is -0.0163. The molecule has 0 radical (unpaired) electrons. The van der Waals surface area contributed by atoms with E-state index in [-0.39, 0.29) is 6.79 Å². The minimum atomic E-state index is -0.488. The number of benzene rings is 2. The van der Waals surface area contributed by atoms with Crippen molar-refractivity contribution in [2.24, 2.45) is 0 Å². The van der Waals surface area contributed by atoms with Gasteiger partial charge >= 0.3 is 11.9 Å². The van der Waals surface area contributed by atoms with E-state index in [1.807, 2.05) is 26.0 Å². The zero-order chi connectivity index (χ0) is 15.0. The number of ether oxygens (including phenoxy) is 2. The molecule has 0 spiro atoms. The van der Waals surface area contributed by atoms with Gasteiger partial charge in [-0.05, 0) is 37.1 Å². The molecule has 1 aliphatic heterocycles.